The summed E-state index contributed by atoms with van der Waals surface area (Å²) in [5.41, 5.74) is 1.92. The second kappa shape index (κ2) is 8.93. The molecular formula is C20H23NO6. The average molecular weight is 373 g/mol. The molecule has 0 bridgehead atoms. The van der Waals surface area contributed by atoms with Crippen molar-refractivity contribution in [2.45, 2.75) is 19.4 Å². The molecule has 0 radical (unpaired) electrons. The van der Waals surface area contributed by atoms with E-state index in [0.29, 0.717) is 17.2 Å². The van der Waals surface area contributed by atoms with E-state index < -0.39 is 17.9 Å². The Kier molecular flexibility index (Phi) is 6.65. The largest absolute Gasteiger partial charge is 0.493 e. The smallest absolute Gasteiger partial charge is 0.305 e. The van der Waals surface area contributed by atoms with Gasteiger partial charge in [0.05, 0.1) is 33.8 Å². The number of benzene rings is 2. The second-order valence-electron chi connectivity index (χ2n) is 5.89. The maximum absolute atomic E-state index is 12.8. The number of hydrogen-bond donors (Lipinski definition) is 2. The molecule has 27 heavy (non-hydrogen) atoms. The molecule has 0 aromatic heterocycles. The Hall–Kier alpha value is -3.22. The molecule has 7 heteroatoms. The van der Waals surface area contributed by atoms with E-state index in [1.807, 2.05) is 25.1 Å². The third-order valence-electron chi connectivity index (χ3n) is 4.17. The first kappa shape index (κ1) is 20.1. The molecule has 2 aromatic carbocycles. The van der Waals surface area contributed by atoms with Crippen LogP contribution in [-0.4, -0.2) is 38.3 Å². The number of aliphatic carboxylic acids is 1. The summed E-state index contributed by atoms with van der Waals surface area (Å²) in [7, 11) is 4.39. The van der Waals surface area contributed by atoms with Crippen LogP contribution in [0.4, 0.5) is 0 Å². The van der Waals surface area contributed by atoms with Gasteiger partial charge in [0.2, 0.25) is 5.75 Å². The molecule has 2 aromatic rings. The summed E-state index contributed by atoms with van der Waals surface area (Å²) in [4.78, 5) is 24.1. The lowest BCUT2D eigenvalue weighted by atomic mass is 9.98. The SMILES string of the molecule is COc1cc(C(=O)NC(CC(=O)O)c2ccccc2C)cc(OC)c1OC. The molecule has 2 rings (SSSR count). The minimum Gasteiger partial charge on any atom is -0.493 e. The molecule has 1 amide bonds. The van der Waals surface area contributed by atoms with Gasteiger partial charge in [-0.3, -0.25) is 9.59 Å². The number of carbonyl (C=O) groups is 2. The number of rotatable bonds is 8. The zero-order valence-corrected chi connectivity index (χ0v) is 15.7. The van der Waals surface area contributed by atoms with Gasteiger partial charge in [0.1, 0.15) is 0 Å². The van der Waals surface area contributed by atoms with Gasteiger partial charge >= 0.3 is 5.97 Å². The van der Waals surface area contributed by atoms with E-state index >= 15 is 0 Å². The van der Waals surface area contributed by atoms with Gasteiger partial charge in [-0.15, -0.1) is 0 Å². The number of methoxy groups -OCH3 is 3. The standard InChI is InChI=1S/C20H23NO6/c1-12-7-5-6-8-14(12)15(11-18(22)23)21-20(24)13-9-16(25-2)19(27-4)17(10-13)26-3/h5-10,15H,11H2,1-4H3,(H,21,24)(H,22,23). The fraction of sp³-hybridized carbons (Fsp3) is 0.300. The molecule has 0 saturated heterocycles. The van der Waals surface area contributed by atoms with Crippen molar-refractivity contribution < 1.29 is 28.9 Å². The lowest BCUT2D eigenvalue weighted by Gasteiger charge is -2.20. The van der Waals surface area contributed by atoms with Crippen molar-refractivity contribution in [2.24, 2.45) is 0 Å². The van der Waals surface area contributed by atoms with Crippen LogP contribution in [0, 0.1) is 6.92 Å². The van der Waals surface area contributed by atoms with Crippen molar-refractivity contribution in [2.75, 3.05) is 21.3 Å². The minimum absolute atomic E-state index is 0.235. The topological polar surface area (TPSA) is 94.1 Å². The maximum Gasteiger partial charge on any atom is 0.305 e. The van der Waals surface area contributed by atoms with Crippen LogP contribution < -0.4 is 19.5 Å². The van der Waals surface area contributed by atoms with Crippen molar-refractivity contribution in [3.8, 4) is 17.2 Å². The van der Waals surface area contributed by atoms with Gasteiger partial charge in [-0.2, -0.15) is 0 Å². The van der Waals surface area contributed by atoms with Gasteiger partial charge < -0.3 is 24.6 Å². The number of aryl methyl sites for hydroxylation is 1. The van der Waals surface area contributed by atoms with E-state index in [-0.39, 0.29) is 12.0 Å². The molecule has 0 fully saturated rings. The molecule has 144 valence electrons. The summed E-state index contributed by atoms with van der Waals surface area (Å²) in [6.07, 6.45) is -0.235. The average Bonchev–Trinajstić information content (AvgIpc) is 2.66. The van der Waals surface area contributed by atoms with Crippen molar-refractivity contribution in [3.63, 3.8) is 0 Å². The van der Waals surface area contributed by atoms with Crippen LogP contribution >= 0.6 is 0 Å². The number of amides is 1. The molecule has 1 atom stereocenters. The number of carbonyl (C=O) groups excluding carboxylic acids is 1. The second-order valence-corrected chi connectivity index (χ2v) is 5.89. The number of ether oxygens (including phenoxy) is 3. The van der Waals surface area contributed by atoms with Crippen molar-refractivity contribution in [1.82, 2.24) is 5.32 Å². The van der Waals surface area contributed by atoms with Crippen LogP contribution in [0.1, 0.15) is 33.9 Å². The molecule has 0 aliphatic carbocycles. The van der Waals surface area contributed by atoms with Crippen LogP contribution in [0.3, 0.4) is 0 Å². The Morgan fingerprint density at radius 3 is 2.11 bits per heavy atom. The molecule has 0 aliphatic rings. The van der Waals surface area contributed by atoms with Gasteiger partial charge in [-0.1, -0.05) is 24.3 Å². The lowest BCUT2D eigenvalue weighted by molar-refractivity contribution is -0.137. The van der Waals surface area contributed by atoms with E-state index in [1.54, 1.807) is 6.07 Å². The minimum atomic E-state index is -1.01. The first-order valence-corrected chi connectivity index (χ1v) is 8.29. The first-order valence-electron chi connectivity index (χ1n) is 8.29. The number of nitrogens with one attached hydrogen (secondary N) is 1. The molecule has 0 heterocycles. The number of carboxylic acids is 1. The predicted molar refractivity (Wildman–Crippen MR) is 99.7 cm³/mol. The Balaban J connectivity index is 2.37. The van der Waals surface area contributed by atoms with E-state index in [2.05, 4.69) is 5.32 Å². The van der Waals surface area contributed by atoms with Gasteiger partial charge in [0.15, 0.2) is 11.5 Å². The number of hydrogen-bond acceptors (Lipinski definition) is 5. The predicted octanol–water partition coefficient (Wildman–Crippen LogP) is 2.97. The molecule has 0 saturated carbocycles. The summed E-state index contributed by atoms with van der Waals surface area (Å²) < 4.78 is 15.8. The van der Waals surface area contributed by atoms with Gasteiger partial charge in [0.25, 0.3) is 5.91 Å². The van der Waals surface area contributed by atoms with Crippen LogP contribution in [0.2, 0.25) is 0 Å². The monoisotopic (exact) mass is 373 g/mol. The Labute approximate surface area is 157 Å². The maximum atomic E-state index is 12.8. The molecule has 2 N–H and O–H groups in total. The molecule has 0 spiro atoms. The van der Waals surface area contributed by atoms with Crippen molar-refractivity contribution >= 4 is 11.9 Å². The first-order chi connectivity index (χ1) is 12.9. The van der Waals surface area contributed by atoms with Crippen LogP contribution in [0.5, 0.6) is 17.2 Å². The highest BCUT2D eigenvalue weighted by molar-refractivity contribution is 5.96. The fourth-order valence-electron chi connectivity index (χ4n) is 2.84. The molecule has 0 aliphatic heterocycles. The van der Waals surface area contributed by atoms with Crippen molar-refractivity contribution in [3.05, 3.63) is 53.1 Å². The molecule has 7 nitrogen and oxygen atoms in total. The Bertz CT molecular complexity index is 808. The summed E-state index contributed by atoms with van der Waals surface area (Å²) in [6.45, 7) is 1.87. The third kappa shape index (κ3) is 4.69. The Morgan fingerprint density at radius 1 is 1.04 bits per heavy atom. The zero-order valence-electron chi connectivity index (χ0n) is 15.7. The lowest BCUT2D eigenvalue weighted by Crippen LogP contribution is -2.30. The van der Waals surface area contributed by atoms with E-state index in [0.717, 1.165) is 11.1 Å². The summed E-state index contributed by atoms with van der Waals surface area (Å²) >= 11 is 0. The van der Waals surface area contributed by atoms with Crippen LogP contribution in [-0.2, 0) is 4.79 Å². The molecule has 1 unspecified atom stereocenters. The van der Waals surface area contributed by atoms with Gasteiger partial charge in [0, 0.05) is 5.56 Å². The summed E-state index contributed by atoms with van der Waals surface area (Å²) in [5, 5.41) is 12.0. The quantitative estimate of drug-likeness (QED) is 0.739. The highest BCUT2D eigenvalue weighted by atomic mass is 16.5. The van der Waals surface area contributed by atoms with Crippen molar-refractivity contribution in [1.29, 1.82) is 0 Å². The van der Waals surface area contributed by atoms with Gasteiger partial charge in [-0.25, -0.2) is 0 Å². The fourth-order valence-corrected chi connectivity index (χ4v) is 2.84. The highest BCUT2D eigenvalue weighted by Gasteiger charge is 2.22. The zero-order chi connectivity index (χ0) is 20.0. The van der Waals surface area contributed by atoms with E-state index in [9.17, 15) is 14.7 Å². The molecular weight excluding hydrogens is 350 g/mol. The summed E-state index contributed by atoms with van der Waals surface area (Å²) in [6, 6.07) is 9.71. The third-order valence-corrected chi connectivity index (χ3v) is 4.17. The van der Waals surface area contributed by atoms with Crippen LogP contribution in [0.25, 0.3) is 0 Å². The highest BCUT2D eigenvalue weighted by Crippen LogP contribution is 2.38. The van der Waals surface area contributed by atoms with Gasteiger partial charge in [-0.05, 0) is 30.2 Å². The number of carboxylic acid groups (broad SMARTS) is 1. The summed E-state index contributed by atoms with van der Waals surface area (Å²) in [5.74, 6) is -0.393. The van der Waals surface area contributed by atoms with Crippen LogP contribution in [0.15, 0.2) is 36.4 Å². The Morgan fingerprint density at radius 2 is 1.63 bits per heavy atom. The van der Waals surface area contributed by atoms with E-state index in [1.165, 1.54) is 33.5 Å². The normalized spacial score (nSPS) is 11.4. The van der Waals surface area contributed by atoms with E-state index in [4.69, 9.17) is 14.2 Å².